The number of carbonyl (C=O) groups excluding carboxylic acids is 3. The summed E-state index contributed by atoms with van der Waals surface area (Å²) < 4.78 is 0. The van der Waals surface area contributed by atoms with Crippen LogP contribution < -0.4 is 16.4 Å². The van der Waals surface area contributed by atoms with Gasteiger partial charge in [-0.1, -0.05) is 23.9 Å². The predicted molar refractivity (Wildman–Crippen MR) is 110 cm³/mol. The Morgan fingerprint density at radius 1 is 1.36 bits per heavy atom. The number of nitrogens with one attached hydrogen (secondary N) is 2. The van der Waals surface area contributed by atoms with E-state index in [9.17, 15) is 19.5 Å². The molecule has 1 aromatic rings. The highest BCUT2D eigenvalue weighted by molar-refractivity contribution is 8.14. The van der Waals surface area contributed by atoms with Crippen LogP contribution in [0.5, 0.6) is 5.75 Å². The van der Waals surface area contributed by atoms with Gasteiger partial charge in [-0.25, -0.2) is 0 Å². The summed E-state index contributed by atoms with van der Waals surface area (Å²) in [6.45, 7) is 2.37. The summed E-state index contributed by atoms with van der Waals surface area (Å²) in [5, 5.41) is 15.1. The summed E-state index contributed by atoms with van der Waals surface area (Å²) in [5.74, 6) is 0.693. The average Bonchev–Trinajstić information content (AvgIpc) is 3.06. The SMILES string of the molecule is Cc1cc(CCC(=O)NCCCC[C@H](N)C(=O)N[C@H]2CCSC2=O)ccc1O. The van der Waals surface area contributed by atoms with Gasteiger partial charge in [0.1, 0.15) is 5.75 Å². The summed E-state index contributed by atoms with van der Waals surface area (Å²) in [4.78, 5) is 35.4. The van der Waals surface area contributed by atoms with Crippen molar-refractivity contribution in [3.8, 4) is 5.75 Å². The second-order valence-electron chi connectivity index (χ2n) is 7.09. The zero-order valence-electron chi connectivity index (χ0n) is 16.2. The molecule has 1 aliphatic rings. The number of amides is 2. The highest BCUT2D eigenvalue weighted by Crippen LogP contribution is 2.19. The smallest absolute Gasteiger partial charge is 0.237 e. The first-order chi connectivity index (χ1) is 13.4. The lowest BCUT2D eigenvalue weighted by atomic mass is 10.1. The molecule has 0 radical (unpaired) electrons. The van der Waals surface area contributed by atoms with Crippen molar-refractivity contribution < 1.29 is 19.5 Å². The number of phenols is 1. The van der Waals surface area contributed by atoms with Crippen LogP contribution in [0, 0.1) is 6.92 Å². The Hall–Kier alpha value is -2.06. The van der Waals surface area contributed by atoms with Gasteiger partial charge in [0.2, 0.25) is 16.9 Å². The van der Waals surface area contributed by atoms with Crippen LogP contribution >= 0.6 is 11.8 Å². The van der Waals surface area contributed by atoms with E-state index in [1.165, 1.54) is 11.8 Å². The summed E-state index contributed by atoms with van der Waals surface area (Å²) in [6, 6.07) is 4.31. The van der Waals surface area contributed by atoms with Crippen molar-refractivity contribution in [2.24, 2.45) is 5.73 Å². The van der Waals surface area contributed by atoms with Crippen LogP contribution in [-0.4, -0.2) is 46.4 Å². The first-order valence-electron chi connectivity index (χ1n) is 9.64. The highest BCUT2D eigenvalue weighted by Gasteiger charge is 2.28. The van der Waals surface area contributed by atoms with Gasteiger partial charge in [-0.15, -0.1) is 0 Å². The van der Waals surface area contributed by atoms with Crippen LogP contribution in [0.15, 0.2) is 18.2 Å². The molecule has 7 nitrogen and oxygen atoms in total. The van der Waals surface area contributed by atoms with E-state index < -0.39 is 12.1 Å². The molecule has 2 atom stereocenters. The van der Waals surface area contributed by atoms with E-state index in [-0.39, 0.29) is 22.7 Å². The van der Waals surface area contributed by atoms with Crippen molar-refractivity contribution in [1.82, 2.24) is 10.6 Å². The summed E-state index contributed by atoms with van der Waals surface area (Å²) in [6.07, 6.45) is 3.65. The Labute approximate surface area is 169 Å². The third-order valence-corrected chi connectivity index (χ3v) is 5.76. The standard InChI is InChI=1S/C20H29N3O4S/c1-13-12-14(5-7-17(13)24)6-8-18(25)22-10-3-2-4-15(21)19(26)23-16-9-11-28-20(16)27/h5,7,12,15-16,24H,2-4,6,8-11,21H2,1H3,(H,22,25)(H,23,26)/t15-,16-/m0/s1. The maximum atomic E-state index is 12.0. The molecule has 0 saturated carbocycles. The minimum absolute atomic E-state index is 0.00530. The largest absolute Gasteiger partial charge is 0.508 e. The second kappa shape index (κ2) is 11.1. The van der Waals surface area contributed by atoms with Crippen molar-refractivity contribution in [3.05, 3.63) is 29.3 Å². The van der Waals surface area contributed by atoms with E-state index in [1.54, 1.807) is 6.07 Å². The van der Waals surface area contributed by atoms with Gasteiger partial charge in [-0.05, 0) is 56.2 Å². The number of aryl methyl sites for hydroxylation is 2. The molecule has 1 aromatic carbocycles. The molecule has 154 valence electrons. The van der Waals surface area contributed by atoms with E-state index >= 15 is 0 Å². The topological polar surface area (TPSA) is 122 Å². The van der Waals surface area contributed by atoms with Gasteiger partial charge >= 0.3 is 0 Å². The van der Waals surface area contributed by atoms with E-state index in [0.29, 0.717) is 32.2 Å². The number of hydrogen-bond donors (Lipinski definition) is 4. The lowest BCUT2D eigenvalue weighted by Gasteiger charge is -2.15. The number of unbranched alkanes of at least 4 members (excludes halogenated alkanes) is 1. The number of benzene rings is 1. The molecule has 0 aliphatic carbocycles. The number of rotatable bonds is 10. The lowest BCUT2D eigenvalue weighted by Crippen LogP contribution is -2.46. The molecule has 0 spiro atoms. The summed E-state index contributed by atoms with van der Waals surface area (Å²) in [7, 11) is 0. The van der Waals surface area contributed by atoms with Gasteiger partial charge in [-0.2, -0.15) is 0 Å². The Morgan fingerprint density at radius 2 is 2.14 bits per heavy atom. The van der Waals surface area contributed by atoms with Gasteiger partial charge in [0, 0.05) is 18.7 Å². The second-order valence-corrected chi connectivity index (χ2v) is 8.19. The fraction of sp³-hybridized carbons (Fsp3) is 0.550. The molecule has 5 N–H and O–H groups in total. The molecule has 1 fully saturated rings. The average molecular weight is 408 g/mol. The number of hydrogen-bond acceptors (Lipinski definition) is 6. The van der Waals surface area contributed by atoms with Crippen LogP contribution in [0.2, 0.25) is 0 Å². The molecule has 1 aliphatic heterocycles. The maximum absolute atomic E-state index is 12.0. The van der Waals surface area contributed by atoms with Crippen molar-refractivity contribution in [2.45, 2.75) is 57.5 Å². The molecule has 0 aromatic heterocycles. The monoisotopic (exact) mass is 407 g/mol. The summed E-state index contributed by atoms with van der Waals surface area (Å²) >= 11 is 1.24. The zero-order valence-corrected chi connectivity index (χ0v) is 17.0. The fourth-order valence-corrected chi connectivity index (χ4v) is 3.91. The molecule has 0 unspecified atom stereocenters. The van der Waals surface area contributed by atoms with E-state index in [0.717, 1.165) is 29.7 Å². The van der Waals surface area contributed by atoms with Gasteiger partial charge in [0.15, 0.2) is 0 Å². The first-order valence-corrected chi connectivity index (χ1v) is 10.6. The molecule has 1 heterocycles. The molecule has 2 amide bonds. The quantitative estimate of drug-likeness (QED) is 0.435. The van der Waals surface area contributed by atoms with E-state index in [2.05, 4.69) is 10.6 Å². The number of aromatic hydroxyl groups is 1. The van der Waals surface area contributed by atoms with Gasteiger partial charge in [0.25, 0.3) is 0 Å². The lowest BCUT2D eigenvalue weighted by molar-refractivity contribution is -0.125. The minimum atomic E-state index is -0.633. The molecule has 1 saturated heterocycles. The number of nitrogens with two attached hydrogens (primary N) is 1. The normalized spacial score (nSPS) is 17.4. The minimum Gasteiger partial charge on any atom is -0.508 e. The van der Waals surface area contributed by atoms with E-state index in [1.807, 2.05) is 19.1 Å². The molecule has 28 heavy (non-hydrogen) atoms. The Balaban J connectivity index is 1.55. The van der Waals surface area contributed by atoms with Gasteiger partial charge in [0.05, 0.1) is 12.1 Å². The number of phenolic OH excluding ortho intramolecular Hbond substituents is 1. The predicted octanol–water partition coefficient (Wildman–Crippen LogP) is 1.40. The van der Waals surface area contributed by atoms with Crippen LogP contribution in [0.1, 0.15) is 43.2 Å². The molecule has 8 heteroatoms. The van der Waals surface area contributed by atoms with Crippen LogP contribution in [0.25, 0.3) is 0 Å². The molecular formula is C20H29N3O4S. The Bertz CT molecular complexity index is 711. The highest BCUT2D eigenvalue weighted by atomic mass is 32.2. The molecular weight excluding hydrogens is 378 g/mol. The fourth-order valence-electron chi connectivity index (χ4n) is 2.97. The Kier molecular flexibility index (Phi) is 8.79. The Morgan fingerprint density at radius 3 is 2.82 bits per heavy atom. The van der Waals surface area contributed by atoms with E-state index in [4.69, 9.17) is 5.73 Å². The van der Waals surface area contributed by atoms with Crippen LogP contribution in [0.3, 0.4) is 0 Å². The zero-order chi connectivity index (χ0) is 20.5. The van der Waals surface area contributed by atoms with Gasteiger partial charge in [-0.3, -0.25) is 14.4 Å². The molecule has 0 bridgehead atoms. The third kappa shape index (κ3) is 7.16. The van der Waals surface area contributed by atoms with Crippen LogP contribution in [0.4, 0.5) is 0 Å². The van der Waals surface area contributed by atoms with Crippen LogP contribution in [-0.2, 0) is 20.8 Å². The van der Waals surface area contributed by atoms with Crippen molar-refractivity contribution in [3.63, 3.8) is 0 Å². The molecule has 2 rings (SSSR count). The summed E-state index contributed by atoms with van der Waals surface area (Å²) in [5.41, 5.74) is 7.70. The first kappa shape index (κ1) is 22.2. The van der Waals surface area contributed by atoms with Crippen molar-refractivity contribution in [2.75, 3.05) is 12.3 Å². The maximum Gasteiger partial charge on any atom is 0.237 e. The number of thioether (sulfide) groups is 1. The third-order valence-electron chi connectivity index (χ3n) is 4.75. The van der Waals surface area contributed by atoms with Crippen molar-refractivity contribution in [1.29, 1.82) is 0 Å². The van der Waals surface area contributed by atoms with Gasteiger partial charge < -0.3 is 21.5 Å². The van der Waals surface area contributed by atoms with Crippen molar-refractivity contribution >= 4 is 28.7 Å². The number of carbonyl (C=O) groups is 3.